The van der Waals surface area contributed by atoms with Gasteiger partial charge in [0.25, 0.3) is 0 Å². The zero-order chi connectivity index (χ0) is 17.5. The molecule has 0 saturated heterocycles. The Morgan fingerprint density at radius 3 is 2.68 bits per heavy atom. The molecule has 3 rings (SSSR count). The van der Waals surface area contributed by atoms with Crippen LogP contribution in [0.1, 0.15) is 5.56 Å². The minimum Gasteiger partial charge on any atom is -0.493 e. The number of H-pyrrole nitrogens is 1. The lowest BCUT2D eigenvalue weighted by Gasteiger charge is -1.94. The molecular formula is C18H15N5OS. The second kappa shape index (κ2) is 7.98. The zero-order valence-corrected chi connectivity index (χ0v) is 13.9. The lowest BCUT2D eigenvalue weighted by atomic mass is 10.2. The molecule has 0 aliphatic carbocycles. The third-order valence-corrected chi connectivity index (χ3v) is 3.48. The van der Waals surface area contributed by atoms with E-state index in [4.69, 9.17) is 12.2 Å². The van der Waals surface area contributed by atoms with Crippen LogP contribution >= 0.6 is 12.2 Å². The van der Waals surface area contributed by atoms with Gasteiger partial charge in [-0.3, -0.25) is 5.43 Å². The number of benzene rings is 2. The van der Waals surface area contributed by atoms with Crippen molar-refractivity contribution in [3.63, 3.8) is 0 Å². The topological polar surface area (TPSA) is 85.1 Å². The number of aromatic amines is 1. The summed E-state index contributed by atoms with van der Waals surface area (Å²) in [6.45, 7) is 0. The Labute approximate surface area is 149 Å². The van der Waals surface area contributed by atoms with Crippen molar-refractivity contribution in [2.45, 2.75) is 0 Å². The van der Waals surface area contributed by atoms with Crippen LogP contribution in [0, 0.1) is 0 Å². The Morgan fingerprint density at radius 2 is 1.84 bits per heavy atom. The first-order chi connectivity index (χ1) is 12.2. The van der Waals surface area contributed by atoms with E-state index in [0.29, 0.717) is 5.69 Å². The van der Waals surface area contributed by atoms with Gasteiger partial charge in [0.05, 0.1) is 5.52 Å². The van der Waals surface area contributed by atoms with Crippen molar-refractivity contribution in [2.24, 2.45) is 15.3 Å². The molecule has 124 valence electrons. The molecule has 0 atom stereocenters. The number of azo groups is 1. The van der Waals surface area contributed by atoms with E-state index >= 15 is 0 Å². The predicted octanol–water partition coefficient (Wildman–Crippen LogP) is 4.53. The third kappa shape index (κ3) is 4.36. The summed E-state index contributed by atoms with van der Waals surface area (Å²) in [7, 11) is 0. The fraction of sp³-hybridized carbons (Fsp3) is 0. The molecule has 0 aliphatic heterocycles. The summed E-state index contributed by atoms with van der Waals surface area (Å²) in [5.41, 5.74) is 4.79. The van der Waals surface area contributed by atoms with E-state index in [1.165, 1.54) is 0 Å². The van der Waals surface area contributed by atoms with E-state index in [9.17, 15) is 5.11 Å². The van der Waals surface area contributed by atoms with Gasteiger partial charge >= 0.3 is 0 Å². The monoisotopic (exact) mass is 349 g/mol. The van der Waals surface area contributed by atoms with Gasteiger partial charge in [0.1, 0.15) is 0 Å². The Morgan fingerprint density at radius 1 is 1.08 bits per heavy atom. The van der Waals surface area contributed by atoms with Crippen molar-refractivity contribution in [3.8, 4) is 5.88 Å². The molecular weight excluding hydrogens is 334 g/mol. The van der Waals surface area contributed by atoms with Gasteiger partial charge in [-0.15, -0.1) is 10.2 Å². The molecule has 1 aromatic heterocycles. The molecule has 0 aliphatic rings. The SMILES string of the molecule is Oc1[nH]c2ccccc2c1N=NC(=S)NN=CC=Cc1ccccc1. The molecule has 6 nitrogen and oxygen atoms in total. The minimum atomic E-state index is -0.0537. The van der Waals surface area contributed by atoms with Crippen LogP contribution < -0.4 is 5.43 Å². The maximum atomic E-state index is 9.89. The number of thiocarbonyl (C=S) groups is 1. The largest absolute Gasteiger partial charge is 0.493 e. The van der Waals surface area contributed by atoms with E-state index < -0.39 is 0 Å². The van der Waals surface area contributed by atoms with Gasteiger partial charge in [0, 0.05) is 11.6 Å². The number of aromatic hydroxyl groups is 1. The van der Waals surface area contributed by atoms with E-state index in [0.717, 1.165) is 16.5 Å². The maximum absolute atomic E-state index is 9.89. The number of nitrogens with zero attached hydrogens (tertiary/aromatic N) is 3. The molecule has 0 bridgehead atoms. The highest BCUT2D eigenvalue weighted by atomic mass is 32.1. The summed E-state index contributed by atoms with van der Waals surface area (Å²) in [6, 6.07) is 17.3. The van der Waals surface area contributed by atoms with Gasteiger partial charge in [0.2, 0.25) is 11.0 Å². The second-order valence-corrected chi connectivity index (χ2v) is 5.42. The Balaban J connectivity index is 1.58. The molecule has 0 radical (unpaired) electrons. The van der Waals surface area contributed by atoms with Crippen molar-refractivity contribution >= 4 is 46.2 Å². The second-order valence-electron chi connectivity index (χ2n) is 5.03. The number of aromatic nitrogens is 1. The molecule has 1 heterocycles. The molecule has 2 aromatic carbocycles. The highest BCUT2D eigenvalue weighted by Gasteiger charge is 2.09. The number of hydrogen-bond donors (Lipinski definition) is 3. The molecule has 25 heavy (non-hydrogen) atoms. The Bertz CT molecular complexity index is 960. The molecule has 0 unspecified atom stereocenters. The standard InChI is InChI=1S/C18H15N5OS/c24-17-16(14-10-4-5-11-15(14)20-17)21-23-18(25)22-19-12-6-9-13-7-2-1-3-8-13/h1-12,20,24H,(H,22,25). The number of allylic oxidation sites excluding steroid dienone is 1. The van der Waals surface area contributed by atoms with Crippen LogP contribution in [0.5, 0.6) is 5.88 Å². The summed E-state index contributed by atoms with van der Waals surface area (Å²) < 4.78 is 0. The first kappa shape index (κ1) is 16.5. The Kier molecular flexibility index (Phi) is 5.28. The van der Waals surface area contributed by atoms with Crippen LogP contribution in [0.2, 0.25) is 0 Å². The van der Waals surface area contributed by atoms with Crippen LogP contribution in [0.15, 0.2) is 76.0 Å². The average molecular weight is 349 g/mol. The number of hydrazone groups is 1. The van der Waals surface area contributed by atoms with Crippen molar-refractivity contribution < 1.29 is 5.11 Å². The van der Waals surface area contributed by atoms with Crippen molar-refractivity contribution in [1.82, 2.24) is 10.4 Å². The number of rotatable bonds is 4. The normalized spacial score (nSPS) is 11.8. The molecule has 3 N–H and O–H groups in total. The highest BCUT2D eigenvalue weighted by molar-refractivity contribution is 7.80. The van der Waals surface area contributed by atoms with Crippen LogP contribution in [-0.4, -0.2) is 21.4 Å². The van der Waals surface area contributed by atoms with Crippen LogP contribution in [0.3, 0.4) is 0 Å². The fourth-order valence-corrected chi connectivity index (χ4v) is 2.28. The van der Waals surface area contributed by atoms with E-state index in [1.807, 2.05) is 60.7 Å². The van der Waals surface area contributed by atoms with Crippen LogP contribution in [0.25, 0.3) is 17.0 Å². The molecule has 0 saturated carbocycles. The Hall–Kier alpha value is -3.32. The van der Waals surface area contributed by atoms with Gasteiger partial charge in [-0.2, -0.15) is 5.10 Å². The smallest absolute Gasteiger partial charge is 0.234 e. The van der Waals surface area contributed by atoms with E-state index in [2.05, 4.69) is 25.7 Å². The fourth-order valence-electron chi connectivity index (χ4n) is 2.19. The zero-order valence-electron chi connectivity index (χ0n) is 13.1. The van der Waals surface area contributed by atoms with Gasteiger partial charge < -0.3 is 10.1 Å². The average Bonchev–Trinajstić information content (AvgIpc) is 2.95. The van der Waals surface area contributed by atoms with Gasteiger partial charge in [-0.1, -0.05) is 54.6 Å². The molecule has 0 amide bonds. The summed E-state index contributed by atoms with van der Waals surface area (Å²) in [4.78, 5) is 2.83. The van der Waals surface area contributed by atoms with Gasteiger partial charge in [-0.25, -0.2) is 0 Å². The number of para-hydroxylation sites is 1. The quantitative estimate of drug-likeness (QED) is 0.280. The summed E-state index contributed by atoms with van der Waals surface area (Å²) >= 11 is 5.03. The van der Waals surface area contributed by atoms with E-state index in [1.54, 1.807) is 12.3 Å². The van der Waals surface area contributed by atoms with E-state index in [-0.39, 0.29) is 11.0 Å². The lowest BCUT2D eigenvalue weighted by Crippen LogP contribution is -2.10. The number of fused-ring (bicyclic) bond motifs is 1. The first-order valence-corrected chi connectivity index (χ1v) is 7.91. The van der Waals surface area contributed by atoms with Crippen molar-refractivity contribution in [1.29, 1.82) is 0 Å². The number of nitrogens with one attached hydrogen (secondary N) is 2. The third-order valence-electron chi connectivity index (χ3n) is 3.31. The molecule has 0 fully saturated rings. The lowest BCUT2D eigenvalue weighted by molar-refractivity contribution is 0.459. The molecule has 0 spiro atoms. The molecule has 7 heteroatoms. The highest BCUT2D eigenvalue weighted by Crippen LogP contribution is 2.35. The van der Waals surface area contributed by atoms with Gasteiger partial charge in [-0.05, 0) is 29.9 Å². The van der Waals surface area contributed by atoms with Crippen molar-refractivity contribution in [3.05, 3.63) is 66.2 Å². The summed E-state index contributed by atoms with van der Waals surface area (Å²) in [6.07, 6.45) is 5.27. The number of hydrogen-bond acceptors (Lipinski definition) is 4. The van der Waals surface area contributed by atoms with Crippen molar-refractivity contribution in [2.75, 3.05) is 0 Å². The predicted molar refractivity (Wildman–Crippen MR) is 104 cm³/mol. The first-order valence-electron chi connectivity index (χ1n) is 7.50. The molecule has 3 aromatic rings. The minimum absolute atomic E-state index is 0.0537. The van der Waals surface area contributed by atoms with Crippen LogP contribution in [0.4, 0.5) is 5.69 Å². The van der Waals surface area contributed by atoms with Gasteiger partial charge in [0.15, 0.2) is 5.69 Å². The summed E-state index contributed by atoms with van der Waals surface area (Å²) in [5, 5.41) is 22.5. The van der Waals surface area contributed by atoms with Crippen LogP contribution in [-0.2, 0) is 0 Å². The maximum Gasteiger partial charge on any atom is 0.234 e. The summed E-state index contributed by atoms with van der Waals surface area (Å²) in [5.74, 6) is -0.0537.